The summed E-state index contributed by atoms with van der Waals surface area (Å²) in [6.07, 6.45) is 9.65. The highest BCUT2D eigenvalue weighted by Crippen LogP contribution is 2.22. The fourth-order valence-electron chi connectivity index (χ4n) is 4.36. The summed E-state index contributed by atoms with van der Waals surface area (Å²) in [5, 5.41) is 6.80. The largest absolute Gasteiger partial charge is 0.356 e. The van der Waals surface area contributed by atoms with Crippen LogP contribution in [-0.4, -0.2) is 56.5 Å². The molecule has 2 N–H and O–H groups in total. The maximum atomic E-state index is 11.9. The number of nitrogens with zero attached hydrogens (tertiary/aromatic N) is 3. The third-order valence-electron chi connectivity index (χ3n) is 6.18. The van der Waals surface area contributed by atoms with Crippen LogP contribution in [0.5, 0.6) is 0 Å². The molecule has 2 fully saturated rings. The lowest BCUT2D eigenvalue weighted by molar-refractivity contribution is -0.117. The number of amides is 1. The highest BCUT2D eigenvalue weighted by atomic mass is 16.2. The van der Waals surface area contributed by atoms with Crippen LogP contribution < -0.4 is 15.5 Å². The number of carbonyl (C=O) groups excluding carboxylic acids is 1. The number of hydrogen-bond acceptors (Lipinski definition) is 3. The number of carbonyl (C=O) groups is 1. The first-order valence-electron chi connectivity index (χ1n) is 11.2. The van der Waals surface area contributed by atoms with E-state index in [1.807, 2.05) is 24.1 Å². The molecule has 1 saturated heterocycles. The molecule has 0 radical (unpaired) electrons. The molecule has 0 aromatic heterocycles. The Hall–Kier alpha value is -2.08. The Labute approximate surface area is 175 Å². The van der Waals surface area contributed by atoms with Gasteiger partial charge in [0.1, 0.15) is 0 Å². The molecule has 1 aliphatic carbocycles. The van der Waals surface area contributed by atoms with Crippen molar-refractivity contribution < 1.29 is 4.79 Å². The molecule has 6 heteroatoms. The van der Waals surface area contributed by atoms with Gasteiger partial charge in [-0.1, -0.05) is 31.4 Å². The first kappa shape index (κ1) is 21.6. The first-order valence-corrected chi connectivity index (χ1v) is 11.2. The minimum Gasteiger partial charge on any atom is -0.356 e. The molecule has 1 amide bonds. The van der Waals surface area contributed by atoms with Gasteiger partial charge in [-0.2, -0.15) is 0 Å². The number of guanidine groups is 1. The van der Waals surface area contributed by atoms with E-state index >= 15 is 0 Å². The van der Waals surface area contributed by atoms with E-state index in [-0.39, 0.29) is 5.91 Å². The second kappa shape index (κ2) is 11.2. The van der Waals surface area contributed by atoms with Gasteiger partial charge in [0.2, 0.25) is 5.91 Å². The molecule has 1 saturated carbocycles. The normalized spacial score (nSPS) is 18.5. The Balaban J connectivity index is 1.35. The molecule has 6 nitrogen and oxygen atoms in total. The highest BCUT2D eigenvalue weighted by Gasteiger charge is 2.21. The smallest absolute Gasteiger partial charge is 0.227 e. The Morgan fingerprint density at radius 1 is 1.14 bits per heavy atom. The monoisotopic (exact) mass is 399 g/mol. The summed E-state index contributed by atoms with van der Waals surface area (Å²) in [6, 6.07) is 9.02. The lowest BCUT2D eigenvalue weighted by Gasteiger charge is -2.31. The van der Waals surface area contributed by atoms with Crippen molar-refractivity contribution in [3.8, 4) is 0 Å². The van der Waals surface area contributed by atoms with E-state index in [4.69, 9.17) is 0 Å². The van der Waals surface area contributed by atoms with Crippen molar-refractivity contribution in [2.75, 3.05) is 38.6 Å². The topological polar surface area (TPSA) is 60.0 Å². The first-order chi connectivity index (χ1) is 14.2. The summed E-state index contributed by atoms with van der Waals surface area (Å²) in [4.78, 5) is 20.6. The van der Waals surface area contributed by atoms with Crippen molar-refractivity contribution in [2.45, 2.75) is 64.0 Å². The van der Waals surface area contributed by atoms with Crippen LogP contribution in [0.4, 0.5) is 5.69 Å². The number of aliphatic imine (C=N–C) groups is 1. The van der Waals surface area contributed by atoms with Crippen LogP contribution in [0.3, 0.4) is 0 Å². The highest BCUT2D eigenvalue weighted by molar-refractivity contribution is 5.95. The molecule has 1 aromatic carbocycles. The second-order valence-electron chi connectivity index (χ2n) is 8.29. The van der Waals surface area contributed by atoms with Gasteiger partial charge >= 0.3 is 0 Å². The van der Waals surface area contributed by atoms with E-state index in [9.17, 15) is 4.79 Å². The van der Waals surface area contributed by atoms with Crippen molar-refractivity contribution in [3.05, 3.63) is 29.8 Å². The summed E-state index contributed by atoms with van der Waals surface area (Å²) in [6.45, 7) is 3.61. The Morgan fingerprint density at radius 2 is 1.90 bits per heavy atom. The zero-order valence-electron chi connectivity index (χ0n) is 18.1. The number of benzene rings is 1. The van der Waals surface area contributed by atoms with Crippen molar-refractivity contribution in [1.29, 1.82) is 0 Å². The summed E-state index contributed by atoms with van der Waals surface area (Å²) in [7, 11) is 4.08. The van der Waals surface area contributed by atoms with Crippen LogP contribution in [0, 0.1) is 0 Å². The van der Waals surface area contributed by atoms with E-state index in [2.05, 4.69) is 39.7 Å². The molecular weight excluding hydrogens is 362 g/mol. The Bertz CT molecular complexity index is 666. The van der Waals surface area contributed by atoms with Crippen molar-refractivity contribution in [1.82, 2.24) is 15.5 Å². The number of rotatable bonds is 8. The summed E-state index contributed by atoms with van der Waals surface area (Å²) < 4.78 is 0. The van der Waals surface area contributed by atoms with Gasteiger partial charge in [0, 0.05) is 44.8 Å². The van der Waals surface area contributed by atoms with Gasteiger partial charge in [-0.05, 0) is 57.0 Å². The SMILES string of the molecule is CN=C(NCCCN(C)C1CCCCC1)NCc1ccc(N2CCCC2=O)cc1. The quantitative estimate of drug-likeness (QED) is 0.401. The van der Waals surface area contributed by atoms with E-state index in [1.54, 1.807) is 0 Å². The fraction of sp³-hybridized carbons (Fsp3) is 0.652. The Morgan fingerprint density at radius 3 is 2.55 bits per heavy atom. The van der Waals surface area contributed by atoms with Crippen LogP contribution in [0.15, 0.2) is 29.3 Å². The summed E-state index contributed by atoms with van der Waals surface area (Å²) in [5.41, 5.74) is 2.18. The molecule has 0 atom stereocenters. The predicted molar refractivity (Wildman–Crippen MR) is 120 cm³/mol. The molecule has 2 aliphatic rings. The lowest BCUT2D eigenvalue weighted by Crippen LogP contribution is -2.39. The van der Waals surface area contributed by atoms with Gasteiger partial charge in [0.25, 0.3) is 0 Å². The predicted octanol–water partition coefficient (Wildman–Crippen LogP) is 3.13. The minimum atomic E-state index is 0.231. The molecule has 1 aliphatic heterocycles. The van der Waals surface area contributed by atoms with Gasteiger partial charge in [0.05, 0.1) is 0 Å². The van der Waals surface area contributed by atoms with E-state index < -0.39 is 0 Å². The van der Waals surface area contributed by atoms with E-state index in [0.29, 0.717) is 6.42 Å². The summed E-state index contributed by atoms with van der Waals surface area (Å²) >= 11 is 0. The third-order valence-corrected chi connectivity index (χ3v) is 6.18. The molecule has 1 heterocycles. The van der Waals surface area contributed by atoms with Crippen LogP contribution >= 0.6 is 0 Å². The molecule has 0 bridgehead atoms. The molecule has 160 valence electrons. The number of anilines is 1. The number of hydrogen-bond donors (Lipinski definition) is 2. The average molecular weight is 400 g/mol. The van der Waals surface area contributed by atoms with Crippen molar-refractivity contribution >= 4 is 17.6 Å². The van der Waals surface area contributed by atoms with Gasteiger partial charge in [-0.3, -0.25) is 9.79 Å². The fourth-order valence-corrected chi connectivity index (χ4v) is 4.36. The second-order valence-corrected chi connectivity index (χ2v) is 8.29. The molecule has 1 aromatic rings. The minimum absolute atomic E-state index is 0.231. The van der Waals surface area contributed by atoms with Gasteiger partial charge < -0.3 is 20.4 Å². The van der Waals surface area contributed by atoms with Crippen molar-refractivity contribution in [2.24, 2.45) is 4.99 Å². The molecule has 3 rings (SSSR count). The molecule has 29 heavy (non-hydrogen) atoms. The maximum absolute atomic E-state index is 11.9. The van der Waals surface area contributed by atoms with Gasteiger partial charge in [-0.15, -0.1) is 0 Å². The molecule has 0 spiro atoms. The number of nitrogens with one attached hydrogen (secondary N) is 2. The van der Waals surface area contributed by atoms with E-state index in [0.717, 1.165) is 56.7 Å². The average Bonchev–Trinajstić information content (AvgIpc) is 3.20. The lowest BCUT2D eigenvalue weighted by atomic mass is 9.94. The van der Waals surface area contributed by atoms with E-state index in [1.165, 1.54) is 37.7 Å². The van der Waals surface area contributed by atoms with Crippen LogP contribution in [0.1, 0.15) is 56.9 Å². The standard InChI is InChI=1S/C23H37N5O/c1-24-23(25-15-7-16-27(2)20-8-4-3-5-9-20)26-18-19-11-13-21(14-12-19)28-17-6-10-22(28)29/h11-14,20H,3-10,15-18H2,1-2H3,(H2,24,25,26). The van der Waals surface area contributed by atoms with Gasteiger partial charge in [0.15, 0.2) is 5.96 Å². The zero-order chi connectivity index (χ0) is 20.5. The van der Waals surface area contributed by atoms with Crippen LogP contribution in [-0.2, 0) is 11.3 Å². The van der Waals surface area contributed by atoms with Crippen LogP contribution in [0.25, 0.3) is 0 Å². The summed E-state index contributed by atoms with van der Waals surface area (Å²) in [5.74, 6) is 1.07. The maximum Gasteiger partial charge on any atom is 0.227 e. The molecule has 0 unspecified atom stereocenters. The van der Waals surface area contributed by atoms with Crippen molar-refractivity contribution in [3.63, 3.8) is 0 Å². The van der Waals surface area contributed by atoms with Gasteiger partial charge in [-0.25, -0.2) is 0 Å². The molecular formula is C23H37N5O. The third kappa shape index (κ3) is 6.46. The van der Waals surface area contributed by atoms with Crippen LogP contribution in [0.2, 0.25) is 0 Å². The Kier molecular flexibility index (Phi) is 8.35. The zero-order valence-corrected chi connectivity index (χ0v) is 18.1.